The Morgan fingerprint density at radius 3 is 2.83 bits per heavy atom. The Labute approximate surface area is 104 Å². The number of aromatic nitrogens is 2. The molecule has 0 atom stereocenters. The van der Waals surface area contributed by atoms with E-state index < -0.39 is 5.91 Å². The van der Waals surface area contributed by atoms with Crippen LogP contribution in [0.1, 0.15) is 16.2 Å². The van der Waals surface area contributed by atoms with E-state index in [1.54, 1.807) is 30.3 Å². The van der Waals surface area contributed by atoms with Crippen LogP contribution in [0, 0.1) is 0 Å². The van der Waals surface area contributed by atoms with E-state index in [0.717, 1.165) is 0 Å². The molecule has 1 aromatic heterocycles. The number of benzene rings is 1. The third-order valence-electron chi connectivity index (χ3n) is 2.30. The maximum Gasteiger partial charge on any atom is 0.250 e. The number of carbonyl (C=O) groups is 1. The minimum atomic E-state index is -0.519. The first-order valence-corrected chi connectivity index (χ1v) is 5.29. The van der Waals surface area contributed by atoms with Crippen LogP contribution in [0.25, 0.3) is 0 Å². The molecule has 0 saturated heterocycles. The second-order valence-corrected chi connectivity index (χ2v) is 3.55. The number of hydrogen-bond acceptors (Lipinski definition) is 5. The molecule has 2 aromatic rings. The minimum absolute atomic E-state index is 0.243. The fourth-order valence-corrected chi connectivity index (χ4v) is 1.49. The van der Waals surface area contributed by atoms with E-state index in [9.17, 15) is 4.79 Å². The van der Waals surface area contributed by atoms with E-state index in [4.69, 9.17) is 10.8 Å². The summed E-state index contributed by atoms with van der Waals surface area (Å²) < 4.78 is 0. The van der Waals surface area contributed by atoms with Crippen LogP contribution in [0.2, 0.25) is 0 Å². The molecule has 0 fully saturated rings. The number of carbonyl (C=O) groups excluding carboxylic acids is 1. The number of nitrogens with one attached hydrogen (secondary N) is 1. The van der Waals surface area contributed by atoms with Crippen LogP contribution in [-0.2, 0) is 6.61 Å². The lowest BCUT2D eigenvalue weighted by Gasteiger charge is -2.09. The number of primary amides is 1. The highest BCUT2D eigenvalue weighted by atomic mass is 16.3. The van der Waals surface area contributed by atoms with Gasteiger partial charge in [-0.15, -0.1) is 0 Å². The third-order valence-corrected chi connectivity index (χ3v) is 2.30. The largest absolute Gasteiger partial charge is 0.388 e. The molecule has 4 N–H and O–H groups in total. The van der Waals surface area contributed by atoms with Gasteiger partial charge in [0.25, 0.3) is 5.91 Å². The molecule has 0 radical (unpaired) electrons. The number of amides is 1. The van der Waals surface area contributed by atoms with Crippen molar-refractivity contribution in [3.8, 4) is 0 Å². The Hall–Kier alpha value is -2.47. The molecule has 1 amide bonds. The molecule has 0 spiro atoms. The van der Waals surface area contributed by atoms with Crippen LogP contribution in [-0.4, -0.2) is 21.0 Å². The van der Waals surface area contributed by atoms with E-state index >= 15 is 0 Å². The van der Waals surface area contributed by atoms with E-state index in [1.807, 2.05) is 0 Å². The van der Waals surface area contributed by atoms with Crippen molar-refractivity contribution in [3.63, 3.8) is 0 Å². The fourth-order valence-electron chi connectivity index (χ4n) is 1.49. The zero-order valence-corrected chi connectivity index (χ0v) is 9.50. The summed E-state index contributed by atoms with van der Waals surface area (Å²) in [4.78, 5) is 19.2. The van der Waals surface area contributed by atoms with Gasteiger partial charge in [-0.3, -0.25) is 4.79 Å². The van der Waals surface area contributed by atoms with Gasteiger partial charge in [0.05, 0.1) is 11.3 Å². The van der Waals surface area contributed by atoms with Crippen LogP contribution >= 0.6 is 0 Å². The average Bonchev–Trinajstić information content (AvgIpc) is 2.39. The second-order valence-electron chi connectivity index (χ2n) is 3.55. The Bertz CT molecular complexity index is 572. The smallest absolute Gasteiger partial charge is 0.250 e. The number of anilines is 2. The average molecular weight is 244 g/mol. The predicted molar refractivity (Wildman–Crippen MR) is 66.2 cm³/mol. The van der Waals surface area contributed by atoms with Gasteiger partial charge in [0.2, 0.25) is 0 Å². The predicted octanol–water partition coefficient (Wildman–Crippen LogP) is 0.811. The molecule has 0 aliphatic rings. The van der Waals surface area contributed by atoms with Gasteiger partial charge in [-0.25, -0.2) is 9.97 Å². The number of aliphatic hydroxyl groups is 1. The topological polar surface area (TPSA) is 101 Å². The van der Waals surface area contributed by atoms with Crippen molar-refractivity contribution in [2.75, 3.05) is 5.32 Å². The van der Waals surface area contributed by atoms with Crippen LogP contribution in [0.15, 0.2) is 36.5 Å². The summed E-state index contributed by atoms with van der Waals surface area (Å²) in [6, 6.07) is 8.49. The summed E-state index contributed by atoms with van der Waals surface area (Å²) in [7, 11) is 0. The SMILES string of the molecule is NC(=O)c1ccccc1Nc1ccnc(CO)n1. The lowest BCUT2D eigenvalue weighted by molar-refractivity contribution is 0.100. The zero-order chi connectivity index (χ0) is 13.0. The van der Waals surface area contributed by atoms with Crippen molar-refractivity contribution in [2.45, 2.75) is 6.61 Å². The van der Waals surface area contributed by atoms with Gasteiger partial charge in [-0.2, -0.15) is 0 Å². The summed E-state index contributed by atoms with van der Waals surface area (Å²) in [6.45, 7) is -0.243. The molecule has 2 rings (SSSR count). The maximum absolute atomic E-state index is 11.2. The number of nitrogens with zero attached hydrogens (tertiary/aromatic N) is 2. The van der Waals surface area contributed by atoms with Gasteiger partial charge in [0.15, 0.2) is 5.82 Å². The monoisotopic (exact) mass is 244 g/mol. The summed E-state index contributed by atoms with van der Waals surface area (Å²) >= 11 is 0. The Morgan fingerprint density at radius 2 is 2.11 bits per heavy atom. The van der Waals surface area contributed by atoms with Crippen molar-refractivity contribution in [1.82, 2.24) is 9.97 Å². The van der Waals surface area contributed by atoms with Gasteiger partial charge in [0.1, 0.15) is 12.4 Å². The Morgan fingerprint density at radius 1 is 1.33 bits per heavy atom. The number of hydrogen-bond donors (Lipinski definition) is 3. The fraction of sp³-hybridized carbons (Fsp3) is 0.0833. The molecule has 18 heavy (non-hydrogen) atoms. The van der Waals surface area contributed by atoms with Gasteiger partial charge >= 0.3 is 0 Å². The summed E-state index contributed by atoms with van der Waals surface area (Å²) in [5.41, 5.74) is 6.21. The van der Waals surface area contributed by atoms with Crippen molar-refractivity contribution in [1.29, 1.82) is 0 Å². The molecular formula is C12H12N4O2. The molecule has 92 valence electrons. The van der Waals surface area contributed by atoms with Gasteiger partial charge < -0.3 is 16.2 Å². The van der Waals surface area contributed by atoms with E-state index in [1.165, 1.54) is 6.20 Å². The molecular weight excluding hydrogens is 232 g/mol. The molecule has 0 saturated carbocycles. The van der Waals surface area contributed by atoms with E-state index in [0.29, 0.717) is 22.9 Å². The van der Waals surface area contributed by atoms with Crippen molar-refractivity contribution in [3.05, 3.63) is 47.9 Å². The van der Waals surface area contributed by atoms with E-state index in [-0.39, 0.29) is 6.61 Å². The molecule has 6 heteroatoms. The number of rotatable bonds is 4. The normalized spacial score (nSPS) is 10.1. The molecule has 0 aliphatic heterocycles. The Balaban J connectivity index is 2.31. The second kappa shape index (κ2) is 5.24. The highest BCUT2D eigenvalue weighted by Gasteiger charge is 2.07. The molecule has 0 bridgehead atoms. The number of para-hydroxylation sites is 1. The first kappa shape index (κ1) is 12.0. The highest BCUT2D eigenvalue weighted by molar-refractivity contribution is 5.99. The third kappa shape index (κ3) is 2.61. The van der Waals surface area contributed by atoms with Crippen LogP contribution < -0.4 is 11.1 Å². The maximum atomic E-state index is 11.2. The van der Waals surface area contributed by atoms with Crippen LogP contribution in [0.3, 0.4) is 0 Å². The highest BCUT2D eigenvalue weighted by Crippen LogP contribution is 2.18. The number of nitrogens with two attached hydrogens (primary N) is 1. The van der Waals surface area contributed by atoms with Crippen LogP contribution in [0.5, 0.6) is 0 Å². The molecule has 1 heterocycles. The first-order chi connectivity index (χ1) is 8.70. The lowest BCUT2D eigenvalue weighted by atomic mass is 10.1. The molecule has 6 nitrogen and oxygen atoms in total. The van der Waals surface area contributed by atoms with E-state index in [2.05, 4.69) is 15.3 Å². The van der Waals surface area contributed by atoms with Crippen molar-refractivity contribution < 1.29 is 9.90 Å². The van der Waals surface area contributed by atoms with Crippen molar-refractivity contribution >= 4 is 17.4 Å². The summed E-state index contributed by atoms with van der Waals surface area (Å²) in [5.74, 6) is 0.272. The lowest BCUT2D eigenvalue weighted by Crippen LogP contribution is -2.13. The standard InChI is InChI=1S/C12H12N4O2/c13-12(18)8-3-1-2-4-9(8)15-10-5-6-14-11(7-17)16-10/h1-6,17H,7H2,(H2,13,18)(H,14,15,16). The molecule has 0 unspecified atom stereocenters. The number of aliphatic hydroxyl groups excluding tert-OH is 1. The first-order valence-electron chi connectivity index (χ1n) is 5.29. The van der Waals surface area contributed by atoms with Gasteiger partial charge in [-0.1, -0.05) is 12.1 Å². The summed E-state index contributed by atoms with van der Waals surface area (Å²) in [6.07, 6.45) is 1.52. The minimum Gasteiger partial charge on any atom is -0.388 e. The molecule has 1 aromatic carbocycles. The van der Waals surface area contributed by atoms with Gasteiger partial charge in [-0.05, 0) is 18.2 Å². The van der Waals surface area contributed by atoms with Crippen molar-refractivity contribution in [2.24, 2.45) is 5.73 Å². The quantitative estimate of drug-likeness (QED) is 0.738. The Kier molecular flexibility index (Phi) is 3.49. The zero-order valence-electron chi connectivity index (χ0n) is 9.50. The summed E-state index contributed by atoms with van der Waals surface area (Å²) in [5, 5.41) is 11.9. The van der Waals surface area contributed by atoms with Gasteiger partial charge in [0, 0.05) is 6.20 Å². The van der Waals surface area contributed by atoms with Crippen LogP contribution in [0.4, 0.5) is 11.5 Å². The molecule has 0 aliphatic carbocycles.